The van der Waals surface area contributed by atoms with Crippen LogP contribution in [0, 0.1) is 0 Å². The summed E-state index contributed by atoms with van der Waals surface area (Å²) < 4.78 is 39.6. The second-order valence-electron chi connectivity index (χ2n) is 9.67. The van der Waals surface area contributed by atoms with Crippen molar-refractivity contribution >= 4 is 17.6 Å². The molecule has 10 heteroatoms. The van der Waals surface area contributed by atoms with Crippen LogP contribution in [-0.4, -0.2) is 60.3 Å². The van der Waals surface area contributed by atoms with Gasteiger partial charge in [0.1, 0.15) is 6.04 Å². The minimum absolute atomic E-state index is 0.0315. The molecule has 39 heavy (non-hydrogen) atoms. The molecule has 0 saturated carbocycles. The standard InChI is InChI=1S/C29H31F3N4O3/c1-35(23-14-8-13-22(16-23)29(30,31)32)19-26(37)24(15-20-9-4-2-5-10-20)33-27(38)25-18-36(28(39)34-25)17-21-11-6-3-7-12-21/h2-14,16,24-26,37H,15,17-19H2,1H3,(H,33,38)(H,34,39)/t24-,25-,26+/m0/s1. The van der Waals surface area contributed by atoms with Gasteiger partial charge in [-0.1, -0.05) is 66.7 Å². The van der Waals surface area contributed by atoms with Gasteiger partial charge >= 0.3 is 12.2 Å². The van der Waals surface area contributed by atoms with Gasteiger partial charge in [0.25, 0.3) is 0 Å². The molecule has 1 fully saturated rings. The molecule has 3 amide bonds. The van der Waals surface area contributed by atoms with E-state index in [1.54, 1.807) is 11.9 Å². The van der Waals surface area contributed by atoms with Crippen LogP contribution in [0.3, 0.4) is 0 Å². The lowest BCUT2D eigenvalue weighted by Gasteiger charge is -2.30. The predicted molar refractivity (Wildman–Crippen MR) is 142 cm³/mol. The fourth-order valence-electron chi connectivity index (χ4n) is 4.55. The van der Waals surface area contributed by atoms with Gasteiger partial charge in [-0.25, -0.2) is 4.79 Å². The molecular weight excluding hydrogens is 509 g/mol. The number of halogens is 3. The number of hydrogen-bond acceptors (Lipinski definition) is 4. The number of rotatable bonds is 10. The number of amides is 3. The fourth-order valence-corrected chi connectivity index (χ4v) is 4.55. The van der Waals surface area contributed by atoms with Gasteiger partial charge in [-0.05, 0) is 35.7 Å². The first kappa shape index (κ1) is 28.0. The summed E-state index contributed by atoms with van der Waals surface area (Å²) in [7, 11) is 1.58. The molecule has 3 atom stereocenters. The lowest BCUT2D eigenvalue weighted by Crippen LogP contribution is -2.53. The van der Waals surface area contributed by atoms with E-state index in [1.165, 1.54) is 17.0 Å². The van der Waals surface area contributed by atoms with Crippen LogP contribution in [0.4, 0.5) is 23.7 Å². The summed E-state index contributed by atoms with van der Waals surface area (Å²) in [6, 6.07) is 21.6. The first-order chi connectivity index (χ1) is 18.6. The van der Waals surface area contributed by atoms with Crippen molar-refractivity contribution < 1.29 is 27.9 Å². The SMILES string of the molecule is CN(C[C@@H](O)[C@H](Cc1ccccc1)NC(=O)[C@@H]1CN(Cc2ccccc2)C(=O)N1)c1cccc(C(F)(F)F)c1. The molecule has 7 nitrogen and oxygen atoms in total. The number of carbonyl (C=O) groups excluding carboxylic acids is 2. The lowest BCUT2D eigenvalue weighted by atomic mass is 10.00. The van der Waals surface area contributed by atoms with E-state index in [-0.39, 0.29) is 24.8 Å². The molecule has 0 unspecified atom stereocenters. The third-order valence-corrected chi connectivity index (χ3v) is 6.69. The molecule has 1 saturated heterocycles. The fraction of sp³-hybridized carbons (Fsp3) is 0.310. The summed E-state index contributed by atoms with van der Waals surface area (Å²) in [5, 5.41) is 16.7. The Morgan fingerprint density at radius 3 is 2.33 bits per heavy atom. The number of likely N-dealkylation sites (N-methyl/N-ethyl adjacent to an activating group) is 1. The molecule has 3 aromatic rings. The Morgan fingerprint density at radius 1 is 1.05 bits per heavy atom. The number of aliphatic hydroxyl groups is 1. The maximum Gasteiger partial charge on any atom is 0.416 e. The second-order valence-corrected chi connectivity index (χ2v) is 9.67. The minimum Gasteiger partial charge on any atom is -0.389 e. The Labute approximate surface area is 225 Å². The predicted octanol–water partition coefficient (Wildman–Crippen LogP) is 3.82. The number of carbonyl (C=O) groups is 2. The van der Waals surface area contributed by atoms with Crippen molar-refractivity contribution in [1.82, 2.24) is 15.5 Å². The number of hydrogen-bond donors (Lipinski definition) is 3. The zero-order chi connectivity index (χ0) is 28.0. The lowest BCUT2D eigenvalue weighted by molar-refractivity contribution is -0.137. The molecule has 0 spiro atoms. The molecule has 4 rings (SSSR count). The highest BCUT2D eigenvalue weighted by atomic mass is 19.4. The van der Waals surface area contributed by atoms with E-state index in [0.29, 0.717) is 13.0 Å². The maximum atomic E-state index is 13.2. The van der Waals surface area contributed by atoms with Crippen LogP contribution in [0.1, 0.15) is 16.7 Å². The Morgan fingerprint density at radius 2 is 1.69 bits per heavy atom. The van der Waals surface area contributed by atoms with Crippen molar-refractivity contribution in [1.29, 1.82) is 0 Å². The van der Waals surface area contributed by atoms with Crippen molar-refractivity contribution in [2.75, 3.05) is 25.0 Å². The van der Waals surface area contributed by atoms with Crippen molar-refractivity contribution in [3.05, 3.63) is 102 Å². The third kappa shape index (κ3) is 7.51. The molecule has 3 N–H and O–H groups in total. The van der Waals surface area contributed by atoms with Crippen LogP contribution < -0.4 is 15.5 Å². The first-order valence-corrected chi connectivity index (χ1v) is 12.6. The Balaban J connectivity index is 1.44. The van der Waals surface area contributed by atoms with Gasteiger partial charge in [0.2, 0.25) is 5.91 Å². The molecule has 206 valence electrons. The van der Waals surface area contributed by atoms with Crippen LogP contribution in [0.2, 0.25) is 0 Å². The molecule has 1 aliphatic heterocycles. The number of urea groups is 1. The van der Waals surface area contributed by atoms with Gasteiger partial charge < -0.3 is 25.5 Å². The summed E-state index contributed by atoms with van der Waals surface area (Å²) in [6.45, 7) is 0.488. The molecule has 0 aromatic heterocycles. The number of nitrogens with one attached hydrogen (secondary N) is 2. The maximum absolute atomic E-state index is 13.2. The van der Waals surface area contributed by atoms with Gasteiger partial charge in [-0.3, -0.25) is 4.79 Å². The van der Waals surface area contributed by atoms with E-state index in [4.69, 9.17) is 0 Å². The van der Waals surface area contributed by atoms with E-state index in [9.17, 15) is 27.9 Å². The van der Waals surface area contributed by atoms with Gasteiger partial charge in [-0.15, -0.1) is 0 Å². The summed E-state index contributed by atoms with van der Waals surface area (Å²) in [4.78, 5) is 28.8. The molecule has 3 aromatic carbocycles. The molecule has 0 bridgehead atoms. The second kappa shape index (κ2) is 12.2. The van der Waals surface area contributed by atoms with Gasteiger partial charge in [0.05, 0.1) is 24.3 Å². The normalized spacial score (nSPS) is 16.9. The number of benzene rings is 3. The van der Waals surface area contributed by atoms with E-state index in [0.717, 1.165) is 23.3 Å². The monoisotopic (exact) mass is 540 g/mol. The van der Waals surface area contributed by atoms with Crippen molar-refractivity contribution in [3.8, 4) is 0 Å². The topological polar surface area (TPSA) is 84.9 Å². The van der Waals surface area contributed by atoms with Crippen molar-refractivity contribution in [2.24, 2.45) is 0 Å². The Bertz CT molecular complexity index is 1260. The third-order valence-electron chi connectivity index (χ3n) is 6.69. The summed E-state index contributed by atoms with van der Waals surface area (Å²) >= 11 is 0. The average Bonchev–Trinajstić information content (AvgIpc) is 3.29. The average molecular weight is 541 g/mol. The number of alkyl halides is 3. The van der Waals surface area contributed by atoms with E-state index < -0.39 is 35.8 Å². The quantitative estimate of drug-likeness (QED) is 0.365. The molecule has 0 radical (unpaired) electrons. The molecule has 1 heterocycles. The molecule has 0 aliphatic carbocycles. The van der Waals surface area contributed by atoms with Crippen molar-refractivity contribution in [2.45, 2.75) is 37.3 Å². The van der Waals surface area contributed by atoms with Crippen LogP contribution in [-0.2, 0) is 23.9 Å². The highest BCUT2D eigenvalue weighted by Gasteiger charge is 2.35. The minimum atomic E-state index is -4.49. The number of anilines is 1. The highest BCUT2D eigenvalue weighted by molar-refractivity contribution is 5.90. The van der Waals surface area contributed by atoms with Gasteiger partial charge in [0, 0.05) is 25.8 Å². The van der Waals surface area contributed by atoms with Crippen LogP contribution in [0.15, 0.2) is 84.9 Å². The zero-order valence-corrected chi connectivity index (χ0v) is 21.4. The van der Waals surface area contributed by atoms with Crippen LogP contribution >= 0.6 is 0 Å². The van der Waals surface area contributed by atoms with Crippen LogP contribution in [0.25, 0.3) is 0 Å². The first-order valence-electron chi connectivity index (χ1n) is 12.6. The summed E-state index contributed by atoms with van der Waals surface area (Å²) in [5.41, 5.74) is 1.30. The van der Waals surface area contributed by atoms with Gasteiger partial charge in [-0.2, -0.15) is 13.2 Å². The van der Waals surface area contributed by atoms with E-state index >= 15 is 0 Å². The number of nitrogens with zero attached hydrogens (tertiary/aromatic N) is 2. The summed E-state index contributed by atoms with van der Waals surface area (Å²) in [6.07, 6.45) is -5.32. The van der Waals surface area contributed by atoms with Crippen molar-refractivity contribution in [3.63, 3.8) is 0 Å². The van der Waals surface area contributed by atoms with E-state index in [2.05, 4.69) is 10.6 Å². The number of aliphatic hydroxyl groups excluding tert-OH is 1. The summed E-state index contributed by atoms with van der Waals surface area (Å²) in [5.74, 6) is -0.444. The van der Waals surface area contributed by atoms with Crippen LogP contribution in [0.5, 0.6) is 0 Å². The Kier molecular flexibility index (Phi) is 8.75. The largest absolute Gasteiger partial charge is 0.416 e. The smallest absolute Gasteiger partial charge is 0.389 e. The zero-order valence-electron chi connectivity index (χ0n) is 21.4. The highest BCUT2D eigenvalue weighted by Crippen LogP contribution is 2.31. The Hall–Kier alpha value is -4.05. The van der Waals surface area contributed by atoms with Gasteiger partial charge in [0.15, 0.2) is 0 Å². The molecule has 1 aliphatic rings. The van der Waals surface area contributed by atoms with E-state index in [1.807, 2.05) is 60.7 Å². The molecular formula is C29H31F3N4O3.